The van der Waals surface area contributed by atoms with Gasteiger partial charge in [0.05, 0.1) is 6.04 Å². The number of benzene rings is 1. The Hall–Kier alpha value is -0.980. The Morgan fingerprint density at radius 1 is 1.45 bits per heavy atom. The van der Waals surface area contributed by atoms with E-state index in [9.17, 15) is 4.79 Å². The van der Waals surface area contributed by atoms with Crippen molar-refractivity contribution in [2.24, 2.45) is 0 Å². The second-order valence-corrected chi connectivity index (χ2v) is 7.05. The molecule has 1 fully saturated rings. The first-order valence-electron chi connectivity index (χ1n) is 6.20. The molecule has 1 atom stereocenters. The standard InChI is InChI=1S/C13H11BrClN3OS/c14-9-4-1-3-8(7-9)10-5-2-6-18(10)12(19)11-16-17-13(15)20-11/h1,3-4,7,10H,2,5-6H2. The molecule has 0 radical (unpaired) electrons. The average molecular weight is 373 g/mol. The molecule has 0 bridgehead atoms. The highest BCUT2D eigenvalue weighted by Gasteiger charge is 2.32. The van der Waals surface area contributed by atoms with Gasteiger partial charge < -0.3 is 4.90 Å². The van der Waals surface area contributed by atoms with Gasteiger partial charge in [-0.05, 0) is 42.1 Å². The molecule has 1 saturated heterocycles. The lowest BCUT2D eigenvalue weighted by Crippen LogP contribution is -2.30. The third-order valence-corrected chi connectivity index (χ3v) is 4.83. The molecule has 20 heavy (non-hydrogen) atoms. The Morgan fingerprint density at radius 3 is 3.00 bits per heavy atom. The number of hydrogen-bond donors (Lipinski definition) is 0. The number of likely N-dealkylation sites (tertiary alicyclic amines) is 1. The third-order valence-electron chi connectivity index (χ3n) is 3.33. The first-order valence-corrected chi connectivity index (χ1v) is 8.19. The summed E-state index contributed by atoms with van der Waals surface area (Å²) in [6, 6.07) is 8.18. The van der Waals surface area contributed by atoms with Gasteiger partial charge in [0.1, 0.15) is 0 Å². The molecule has 1 unspecified atom stereocenters. The second-order valence-electron chi connectivity index (χ2n) is 4.57. The van der Waals surface area contributed by atoms with Crippen LogP contribution in [0.1, 0.15) is 34.2 Å². The van der Waals surface area contributed by atoms with Crippen LogP contribution in [0.4, 0.5) is 0 Å². The Bertz CT molecular complexity index is 648. The largest absolute Gasteiger partial charge is 0.329 e. The fraction of sp³-hybridized carbons (Fsp3) is 0.308. The summed E-state index contributed by atoms with van der Waals surface area (Å²) in [6.45, 7) is 0.743. The van der Waals surface area contributed by atoms with Crippen LogP contribution in [0.25, 0.3) is 0 Å². The molecular formula is C13H11BrClN3OS. The number of rotatable bonds is 2. The summed E-state index contributed by atoms with van der Waals surface area (Å²) in [7, 11) is 0. The average Bonchev–Trinajstić information content (AvgIpc) is 3.06. The molecule has 4 nitrogen and oxygen atoms in total. The normalized spacial score (nSPS) is 18.5. The molecule has 1 aromatic heterocycles. The van der Waals surface area contributed by atoms with E-state index in [1.807, 2.05) is 23.1 Å². The highest BCUT2D eigenvalue weighted by molar-refractivity contribution is 9.10. The van der Waals surface area contributed by atoms with Crippen LogP contribution in [0.5, 0.6) is 0 Å². The fourth-order valence-corrected chi connectivity index (χ4v) is 3.69. The number of hydrogen-bond acceptors (Lipinski definition) is 4. The van der Waals surface area contributed by atoms with Gasteiger partial charge in [0, 0.05) is 11.0 Å². The fourth-order valence-electron chi connectivity index (χ4n) is 2.48. The van der Waals surface area contributed by atoms with Crippen LogP contribution in [0.2, 0.25) is 4.47 Å². The summed E-state index contributed by atoms with van der Waals surface area (Å²) in [6.07, 6.45) is 1.96. The Labute approximate surface area is 133 Å². The van der Waals surface area contributed by atoms with Gasteiger partial charge in [0.2, 0.25) is 9.47 Å². The summed E-state index contributed by atoms with van der Waals surface area (Å²) in [5.41, 5.74) is 1.14. The highest BCUT2D eigenvalue weighted by Crippen LogP contribution is 2.34. The van der Waals surface area contributed by atoms with E-state index in [1.54, 1.807) is 0 Å². The first kappa shape index (κ1) is 14.0. The lowest BCUT2D eigenvalue weighted by Gasteiger charge is -2.24. The first-order chi connectivity index (χ1) is 9.65. The van der Waals surface area contributed by atoms with E-state index < -0.39 is 0 Å². The monoisotopic (exact) mass is 371 g/mol. The molecule has 0 spiro atoms. The van der Waals surface area contributed by atoms with Crippen LogP contribution >= 0.6 is 38.9 Å². The maximum Gasteiger partial charge on any atom is 0.285 e. The van der Waals surface area contributed by atoms with Crippen molar-refractivity contribution in [2.75, 3.05) is 6.54 Å². The zero-order valence-corrected chi connectivity index (χ0v) is 13.6. The Kier molecular flexibility index (Phi) is 4.05. The number of halogens is 2. The molecule has 2 heterocycles. The predicted octanol–water partition coefficient (Wildman–Crippen LogP) is 3.93. The van der Waals surface area contributed by atoms with Crippen molar-refractivity contribution in [3.8, 4) is 0 Å². The van der Waals surface area contributed by atoms with Crippen molar-refractivity contribution in [2.45, 2.75) is 18.9 Å². The summed E-state index contributed by atoms with van der Waals surface area (Å²) in [5, 5.41) is 7.90. The van der Waals surface area contributed by atoms with Gasteiger partial charge in [-0.25, -0.2) is 0 Å². The lowest BCUT2D eigenvalue weighted by molar-refractivity contribution is 0.0734. The maximum atomic E-state index is 12.5. The minimum absolute atomic E-state index is 0.0862. The Morgan fingerprint density at radius 2 is 2.30 bits per heavy atom. The lowest BCUT2D eigenvalue weighted by atomic mass is 10.0. The summed E-state index contributed by atoms with van der Waals surface area (Å²) < 4.78 is 1.32. The van der Waals surface area contributed by atoms with Gasteiger partial charge >= 0.3 is 0 Å². The number of carbonyl (C=O) groups excluding carboxylic acids is 1. The van der Waals surface area contributed by atoms with Gasteiger partial charge in [0.15, 0.2) is 0 Å². The molecule has 1 aromatic carbocycles. The van der Waals surface area contributed by atoms with Crippen molar-refractivity contribution >= 4 is 44.8 Å². The zero-order valence-electron chi connectivity index (χ0n) is 10.4. The molecule has 0 aliphatic carbocycles. The van der Waals surface area contributed by atoms with Gasteiger partial charge in [-0.1, -0.05) is 39.4 Å². The Balaban J connectivity index is 1.87. The van der Waals surface area contributed by atoms with Crippen LogP contribution in [0, 0.1) is 0 Å². The molecule has 104 valence electrons. The summed E-state index contributed by atoms with van der Waals surface area (Å²) in [5.74, 6) is -0.0862. The summed E-state index contributed by atoms with van der Waals surface area (Å²) in [4.78, 5) is 14.4. The maximum absolute atomic E-state index is 12.5. The molecule has 0 N–H and O–H groups in total. The topological polar surface area (TPSA) is 46.1 Å². The zero-order chi connectivity index (χ0) is 14.1. The van der Waals surface area contributed by atoms with Crippen molar-refractivity contribution in [1.82, 2.24) is 15.1 Å². The van der Waals surface area contributed by atoms with Crippen molar-refractivity contribution in [3.05, 3.63) is 43.8 Å². The van der Waals surface area contributed by atoms with E-state index in [4.69, 9.17) is 11.6 Å². The third kappa shape index (κ3) is 2.73. The van der Waals surface area contributed by atoms with Gasteiger partial charge in [0.25, 0.3) is 5.91 Å². The smallest absolute Gasteiger partial charge is 0.285 e. The molecular weight excluding hydrogens is 362 g/mol. The van der Waals surface area contributed by atoms with Crippen LogP contribution in [-0.2, 0) is 0 Å². The molecule has 1 aliphatic heterocycles. The van der Waals surface area contributed by atoms with Crippen LogP contribution in [0.15, 0.2) is 28.7 Å². The van der Waals surface area contributed by atoms with E-state index in [0.717, 1.165) is 40.8 Å². The molecule has 1 aliphatic rings. The minimum atomic E-state index is -0.0862. The van der Waals surface area contributed by atoms with Crippen LogP contribution in [-0.4, -0.2) is 27.5 Å². The number of aromatic nitrogens is 2. The molecule has 3 rings (SSSR count). The summed E-state index contributed by atoms with van der Waals surface area (Å²) >= 11 is 10.4. The highest BCUT2D eigenvalue weighted by atomic mass is 79.9. The minimum Gasteiger partial charge on any atom is -0.329 e. The molecule has 7 heteroatoms. The van der Waals surface area contributed by atoms with Gasteiger partial charge in [-0.15, -0.1) is 10.2 Å². The number of amides is 1. The van der Waals surface area contributed by atoms with E-state index >= 15 is 0 Å². The number of nitrogens with zero attached hydrogens (tertiary/aromatic N) is 3. The van der Waals surface area contributed by atoms with Gasteiger partial charge in [-0.2, -0.15) is 0 Å². The van der Waals surface area contributed by atoms with Gasteiger partial charge in [-0.3, -0.25) is 4.79 Å². The van der Waals surface area contributed by atoms with Crippen molar-refractivity contribution in [3.63, 3.8) is 0 Å². The molecule has 2 aromatic rings. The van der Waals surface area contributed by atoms with E-state index in [1.165, 1.54) is 0 Å². The molecule has 0 saturated carbocycles. The molecule has 1 amide bonds. The van der Waals surface area contributed by atoms with E-state index in [-0.39, 0.29) is 11.9 Å². The number of carbonyl (C=O) groups is 1. The van der Waals surface area contributed by atoms with E-state index in [0.29, 0.717) is 9.47 Å². The SMILES string of the molecule is O=C(c1nnc(Cl)s1)N1CCCC1c1cccc(Br)c1. The predicted molar refractivity (Wildman–Crippen MR) is 82.1 cm³/mol. The van der Waals surface area contributed by atoms with E-state index in [2.05, 4.69) is 32.2 Å². The van der Waals surface area contributed by atoms with Crippen molar-refractivity contribution in [1.29, 1.82) is 0 Å². The second kappa shape index (κ2) is 5.79. The quantitative estimate of drug-likeness (QED) is 0.802. The van der Waals surface area contributed by atoms with Crippen molar-refractivity contribution < 1.29 is 4.79 Å². The van der Waals surface area contributed by atoms with Crippen LogP contribution < -0.4 is 0 Å². The van der Waals surface area contributed by atoms with Crippen LogP contribution in [0.3, 0.4) is 0 Å².